The van der Waals surface area contributed by atoms with Gasteiger partial charge in [-0.2, -0.15) is 9.78 Å². The molecule has 0 aliphatic carbocycles. The van der Waals surface area contributed by atoms with E-state index in [1.807, 2.05) is 43.3 Å². The number of aliphatic hydroxyl groups excluding tert-OH is 1. The lowest BCUT2D eigenvalue weighted by Gasteiger charge is -2.21. The third-order valence-corrected chi connectivity index (χ3v) is 5.27. The van der Waals surface area contributed by atoms with Crippen molar-refractivity contribution >= 4 is 28.9 Å². The molecule has 146 valence electrons. The maximum absolute atomic E-state index is 12.8. The molecular weight excluding hydrogens is 397 g/mol. The largest absolute Gasteiger partial charge is 0.396 e. The van der Waals surface area contributed by atoms with Crippen LogP contribution < -0.4 is 10.9 Å². The van der Waals surface area contributed by atoms with Crippen molar-refractivity contribution in [2.45, 2.75) is 25.8 Å². The molecule has 0 bridgehead atoms. The van der Waals surface area contributed by atoms with E-state index >= 15 is 0 Å². The van der Waals surface area contributed by atoms with Gasteiger partial charge in [0.1, 0.15) is 5.02 Å². The standard InChI is InChI=1S/C21H21Cl2N3O2/c1-14-9-10-16(12-17(14)22)26-21(28)20(23)19(13-24-26)25-18(8-5-11-27)15-6-3-2-4-7-15/h2-4,6-7,9-10,12-13,18,25,27H,5,8,11H2,1H3. The molecule has 0 saturated carbocycles. The highest BCUT2D eigenvalue weighted by atomic mass is 35.5. The van der Waals surface area contributed by atoms with Crippen LogP contribution in [0.5, 0.6) is 0 Å². The second-order valence-electron chi connectivity index (χ2n) is 6.50. The monoisotopic (exact) mass is 417 g/mol. The third-order valence-electron chi connectivity index (χ3n) is 4.50. The van der Waals surface area contributed by atoms with Crippen LogP contribution in [0.4, 0.5) is 5.69 Å². The highest BCUT2D eigenvalue weighted by Crippen LogP contribution is 2.27. The summed E-state index contributed by atoms with van der Waals surface area (Å²) in [5, 5.41) is 17.4. The number of hydrogen-bond acceptors (Lipinski definition) is 4. The maximum Gasteiger partial charge on any atom is 0.292 e. The summed E-state index contributed by atoms with van der Waals surface area (Å²) >= 11 is 12.5. The van der Waals surface area contributed by atoms with E-state index in [1.165, 1.54) is 10.9 Å². The van der Waals surface area contributed by atoms with Crippen molar-refractivity contribution in [2.75, 3.05) is 11.9 Å². The topological polar surface area (TPSA) is 67.2 Å². The number of rotatable bonds is 7. The Morgan fingerprint density at radius 1 is 1.18 bits per heavy atom. The predicted molar refractivity (Wildman–Crippen MR) is 114 cm³/mol. The van der Waals surface area contributed by atoms with E-state index in [-0.39, 0.29) is 17.7 Å². The molecule has 1 atom stereocenters. The van der Waals surface area contributed by atoms with Crippen LogP contribution in [0.2, 0.25) is 10.0 Å². The molecule has 28 heavy (non-hydrogen) atoms. The molecule has 0 amide bonds. The lowest BCUT2D eigenvalue weighted by atomic mass is 10.0. The molecule has 0 aliphatic heterocycles. The van der Waals surface area contributed by atoms with E-state index in [4.69, 9.17) is 23.2 Å². The van der Waals surface area contributed by atoms with Crippen molar-refractivity contribution < 1.29 is 5.11 Å². The predicted octanol–water partition coefficient (Wildman–Crippen LogP) is 4.77. The van der Waals surface area contributed by atoms with E-state index in [9.17, 15) is 9.90 Å². The first kappa shape index (κ1) is 20.4. The fourth-order valence-corrected chi connectivity index (χ4v) is 3.28. The van der Waals surface area contributed by atoms with Gasteiger partial charge in [-0.05, 0) is 43.0 Å². The Kier molecular flexibility index (Phi) is 6.73. The number of nitrogens with one attached hydrogen (secondary N) is 1. The Morgan fingerprint density at radius 2 is 1.93 bits per heavy atom. The fourth-order valence-electron chi connectivity index (χ4n) is 2.92. The maximum atomic E-state index is 12.8. The Bertz CT molecular complexity index is 1010. The Balaban J connectivity index is 1.93. The highest BCUT2D eigenvalue weighted by Gasteiger charge is 2.16. The van der Waals surface area contributed by atoms with Crippen molar-refractivity contribution in [3.05, 3.63) is 86.3 Å². The summed E-state index contributed by atoms with van der Waals surface area (Å²) in [5.74, 6) is 0. The van der Waals surface area contributed by atoms with Crippen LogP contribution in [0.1, 0.15) is 30.0 Å². The Labute approximate surface area is 173 Å². The SMILES string of the molecule is Cc1ccc(-n2ncc(NC(CCCO)c3ccccc3)c(Cl)c2=O)cc1Cl. The van der Waals surface area contributed by atoms with Crippen molar-refractivity contribution in [3.63, 3.8) is 0 Å². The number of halogens is 2. The van der Waals surface area contributed by atoms with E-state index < -0.39 is 5.56 Å². The smallest absolute Gasteiger partial charge is 0.292 e. The zero-order valence-electron chi connectivity index (χ0n) is 15.4. The highest BCUT2D eigenvalue weighted by molar-refractivity contribution is 6.33. The first-order valence-electron chi connectivity index (χ1n) is 8.98. The number of benzene rings is 2. The molecule has 5 nitrogen and oxygen atoms in total. The lowest BCUT2D eigenvalue weighted by molar-refractivity contribution is 0.281. The molecule has 3 rings (SSSR count). The summed E-state index contributed by atoms with van der Waals surface area (Å²) in [6.07, 6.45) is 2.84. The molecule has 2 N–H and O–H groups in total. The number of hydrogen-bond donors (Lipinski definition) is 2. The van der Waals surface area contributed by atoms with Gasteiger partial charge in [-0.25, -0.2) is 0 Å². The van der Waals surface area contributed by atoms with E-state index in [0.717, 1.165) is 11.1 Å². The molecule has 2 aromatic carbocycles. The molecule has 7 heteroatoms. The number of aliphatic hydroxyl groups is 1. The van der Waals surface area contributed by atoms with E-state index in [0.29, 0.717) is 29.2 Å². The second-order valence-corrected chi connectivity index (χ2v) is 7.28. The minimum Gasteiger partial charge on any atom is -0.396 e. The van der Waals surface area contributed by atoms with Gasteiger partial charge in [-0.1, -0.05) is 59.6 Å². The van der Waals surface area contributed by atoms with Crippen molar-refractivity contribution in [1.82, 2.24) is 9.78 Å². The van der Waals surface area contributed by atoms with Gasteiger partial charge in [0, 0.05) is 11.6 Å². The van der Waals surface area contributed by atoms with Gasteiger partial charge in [0.05, 0.1) is 23.6 Å². The summed E-state index contributed by atoms with van der Waals surface area (Å²) in [6.45, 7) is 1.98. The number of anilines is 1. The van der Waals surface area contributed by atoms with Crippen molar-refractivity contribution in [3.8, 4) is 5.69 Å². The van der Waals surface area contributed by atoms with Gasteiger partial charge in [0.2, 0.25) is 0 Å². The lowest BCUT2D eigenvalue weighted by Crippen LogP contribution is -2.23. The van der Waals surface area contributed by atoms with Gasteiger partial charge >= 0.3 is 0 Å². The minimum absolute atomic E-state index is 0.0524. The van der Waals surface area contributed by atoms with Gasteiger partial charge < -0.3 is 10.4 Å². The zero-order valence-corrected chi connectivity index (χ0v) is 16.9. The van der Waals surface area contributed by atoms with Gasteiger partial charge in [-0.3, -0.25) is 4.79 Å². The zero-order chi connectivity index (χ0) is 20.1. The molecule has 0 aliphatic rings. The van der Waals surface area contributed by atoms with Crippen LogP contribution in [0.15, 0.2) is 59.5 Å². The van der Waals surface area contributed by atoms with Crippen LogP contribution in [-0.2, 0) is 0 Å². The molecule has 1 aromatic heterocycles. The Hall–Kier alpha value is -2.34. The molecular formula is C21H21Cl2N3O2. The van der Waals surface area contributed by atoms with E-state index in [1.54, 1.807) is 12.1 Å². The van der Waals surface area contributed by atoms with Crippen LogP contribution in [0.3, 0.4) is 0 Å². The van der Waals surface area contributed by atoms with Crippen LogP contribution in [-0.4, -0.2) is 21.5 Å². The first-order chi connectivity index (χ1) is 13.5. The average molecular weight is 418 g/mol. The van der Waals surface area contributed by atoms with Crippen LogP contribution >= 0.6 is 23.2 Å². The van der Waals surface area contributed by atoms with Crippen molar-refractivity contribution in [1.29, 1.82) is 0 Å². The van der Waals surface area contributed by atoms with Gasteiger partial charge in [0.15, 0.2) is 0 Å². The quantitative estimate of drug-likeness (QED) is 0.580. The molecule has 0 radical (unpaired) electrons. The average Bonchev–Trinajstić information content (AvgIpc) is 2.71. The molecule has 1 heterocycles. The summed E-state index contributed by atoms with van der Waals surface area (Å²) in [6, 6.07) is 15.0. The van der Waals surface area contributed by atoms with Crippen LogP contribution in [0.25, 0.3) is 5.69 Å². The fraction of sp³-hybridized carbons (Fsp3) is 0.238. The van der Waals surface area contributed by atoms with Crippen LogP contribution in [0, 0.1) is 6.92 Å². The van der Waals surface area contributed by atoms with Gasteiger partial charge in [-0.15, -0.1) is 0 Å². The molecule has 3 aromatic rings. The third kappa shape index (κ3) is 4.55. The number of aromatic nitrogens is 2. The summed E-state index contributed by atoms with van der Waals surface area (Å²) in [5.41, 5.74) is 2.53. The molecule has 0 fully saturated rings. The Morgan fingerprint density at radius 3 is 2.61 bits per heavy atom. The summed E-state index contributed by atoms with van der Waals surface area (Å²) in [7, 11) is 0. The van der Waals surface area contributed by atoms with Gasteiger partial charge in [0.25, 0.3) is 5.56 Å². The number of nitrogens with zero attached hydrogens (tertiary/aromatic N) is 2. The number of aryl methyl sites for hydroxylation is 1. The normalized spacial score (nSPS) is 12.0. The first-order valence-corrected chi connectivity index (χ1v) is 9.73. The second kappa shape index (κ2) is 9.24. The van der Waals surface area contributed by atoms with E-state index in [2.05, 4.69) is 10.4 Å². The molecule has 0 spiro atoms. The molecule has 1 unspecified atom stereocenters. The van der Waals surface area contributed by atoms with Crippen molar-refractivity contribution in [2.24, 2.45) is 0 Å². The minimum atomic E-state index is -0.430. The molecule has 0 saturated heterocycles. The summed E-state index contributed by atoms with van der Waals surface area (Å²) in [4.78, 5) is 12.8. The summed E-state index contributed by atoms with van der Waals surface area (Å²) < 4.78 is 1.23.